The minimum atomic E-state index is -1.14. The molecule has 256 valence electrons. The average Bonchev–Trinajstić information content (AvgIpc) is 2.96. The van der Waals surface area contributed by atoms with E-state index < -0.39 is 23.9 Å². The number of hydrogen-bond donors (Lipinski definition) is 4. The summed E-state index contributed by atoms with van der Waals surface area (Å²) in [6.45, 7) is 7.41. The summed E-state index contributed by atoms with van der Waals surface area (Å²) in [5, 5.41) is 57.8. The molecule has 0 heterocycles. The van der Waals surface area contributed by atoms with Gasteiger partial charge < -0.3 is 49.2 Å². The van der Waals surface area contributed by atoms with Crippen LogP contribution in [0.15, 0.2) is 24.3 Å². The molecule has 4 N–H and O–H groups in total. The summed E-state index contributed by atoms with van der Waals surface area (Å²) >= 11 is 0. The number of aliphatic hydroxyl groups is 2. The van der Waals surface area contributed by atoms with Crippen molar-refractivity contribution in [3.05, 3.63) is 24.3 Å². The first-order valence-corrected chi connectivity index (χ1v) is 16.0. The Balaban J connectivity index is -0.000000767. The van der Waals surface area contributed by atoms with Gasteiger partial charge in [-0.25, -0.2) is 0 Å². The van der Waals surface area contributed by atoms with Gasteiger partial charge in [0.15, 0.2) is 0 Å². The largest absolute Gasteiger partial charge is 2.00 e. The molecule has 0 aromatic heterocycles. The van der Waals surface area contributed by atoms with E-state index in [4.69, 9.17) is 10.2 Å². The van der Waals surface area contributed by atoms with Crippen LogP contribution in [0.1, 0.15) is 90.9 Å². The molecule has 0 amide bonds. The molecule has 0 saturated heterocycles. The van der Waals surface area contributed by atoms with Crippen LogP contribution in [0.25, 0.3) is 0 Å². The van der Waals surface area contributed by atoms with E-state index in [9.17, 15) is 39.6 Å². The fourth-order valence-electron chi connectivity index (χ4n) is 5.08. The van der Waals surface area contributed by atoms with Crippen molar-refractivity contribution in [2.75, 3.05) is 65.6 Å². The van der Waals surface area contributed by atoms with Gasteiger partial charge in [-0.05, 0) is 51.4 Å². The van der Waals surface area contributed by atoms with Crippen LogP contribution >= 0.6 is 0 Å². The minimum Gasteiger partial charge on any atom is -0.550 e. The van der Waals surface area contributed by atoms with E-state index in [0.717, 1.165) is 51.4 Å². The molecule has 2 unspecified atom stereocenters. The van der Waals surface area contributed by atoms with Crippen molar-refractivity contribution >= 4 is 61.6 Å². The van der Waals surface area contributed by atoms with E-state index in [1.54, 1.807) is 0 Å². The summed E-state index contributed by atoms with van der Waals surface area (Å²) in [5.74, 6) is -4.08. The first kappa shape index (κ1) is 47.9. The smallest absolute Gasteiger partial charge is 0.550 e. The fraction of sp³-hybridized carbons (Fsp3) is 0.750. The van der Waals surface area contributed by atoms with Gasteiger partial charge in [0.25, 0.3) is 0 Å². The number of carboxylic acids is 4. The number of carbonyl (C=O) groups excluding carboxylic acids is 2. The summed E-state index contributed by atoms with van der Waals surface area (Å²) in [6, 6.07) is 0. The van der Waals surface area contributed by atoms with Crippen LogP contribution in [0.5, 0.6) is 0 Å². The van der Waals surface area contributed by atoms with E-state index >= 15 is 0 Å². The van der Waals surface area contributed by atoms with Crippen molar-refractivity contribution in [3.8, 4) is 0 Å². The summed E-state index contributed by atoms with van der Waals surface area (Å²) in [7, 11) is 0. The van der Waals surface area contributed by atoms with Gasteiger partial charge >= 0.3 is 49.7 Å². The zero-order valence-electron chi connectivity index (χ0n) is 27.7. The summed E-state index contributed by atoms with van der Waals surface area (Å²) in [4.78, 5) is 43.1. The third kappa shape index (κ3) is 29.6. The van der Waals surface area contributed by atoms with Gasteiger partial charge in [-0.15, -0.1) is 0 Å². The first-order valence-electron chi connectivity index (χ1n) is 16.0. The van der Waals surface area contributed by atoms with Crippen LogP contribution in [0.4, 0.5) is 0 Å². The Hall–Kier alpha value is -1.54. The van der Waals surface area contributed by atoms with Crippen molar-refractivity contribution in [1.29, 1.82) is 0 Å². The fourth-order valence-corrected chi connectivity index (χ4v) is 5.08. The molecule has 0 fully saturated rings. The van der Waals surface area contributed by atoms with Gasteiger partial charge in [-0.3, -0.25) is 9.59 Å². The molecule has 0 aromatic rings. The van der Waals surface area contributed by atoms with Crippen molar-refractivity contribution in [1.82, 2.24) is 0 Å². The monoisotopic (exact) mass is 670 g/mol. The second-order valence-electron chi connectivity index (χ2n) is 11.2. The standard InChI is InChI=1S/2C16H29NO5.Ca/c2*1-2-3-4-5-6-7-10-17(13-14-18,11-8-15(19)20)12-9-16(21)22;/h2*3-4,18H,2,5-14H2,1H3,(H-,19,20,21,22);/q;;+2/b2*4-3+;. The predicted molar refractivity (Wildman–Crippen MR) is 170 cm³/mol. The molecule has 0 aliphatic carbocycles. The maximum absolute atomic E-state index is 10.8. The number of aliphatic carboxylic acids is 4. The number of quaternary nitrogens is 2. The van der Waals surface area contributed by atoms with E-state index in [2.05, 4.69) is 38.2 Å². The Morgan fingerprint density at radius 1 is 0.533 bits per heavy atom. The molecule has 0 radical (unpaired) electrons. The number of carboxylic acid groups (broad SMARTS) is 4. The second kappa shape index (κ2) is 31.1. The number of rotatable bonds is 28. The molecule has 2 atom stereocenters. The molecule has 45 heavy (non-hydrogen) atoms. The van der Waals surface area contributed by atoms with E-state index in [1.807, 2.05) is 0 Å². The molecule has 0 aliphatic rings. The SMILES string of the molecule is CC/C=C/CCCC[N+](CCO)(CCC(=O)[O-])CCC(=O)O.CC/C=C/CCCC[N+](CCO)(CCC(=O)[O-])CCC(=O)O.[Ca+2]. The molecule has 0 aliphatic heterocycles. The third-order valence-electron chi connectivity index (χ3n) is 7.64. The minimum absolute atomic E-state index is 0. The number of hydrogen-bond acceptors (Lipinski definition) is 8. The Morgan fingerprint density at radius 3 is 1.13 bits per heavy atom. The second-order valence-corrected chi connectivity index (χ2v) is 11.2. The molecule has 13 heteroatoms. The number of nitrogens with zero attached hydrogens (tertiary/aromatic N) is 2. The van der Waals surface area contributed by atoms with Crippen LogP contribution in [0, 0.1) is 0 Å². The van der Waals surface area contributed by atoms with Crippen molar-refractivity contribution < 1.29 is 58.8 Å². The van der Waals surface area contributed by atoms with Crippen molar-refractivity contribution in [3.63, 3.8) is 0 Å². The van der Waals surface area contributed by atoms with Gasteiger partial charge in [0.2, 0.25) is 0 Å². The van der Waals surface area contributed by atoms with Gasteiger partial charge in [0.1, 0.15) is 13.1 Å². The van der Waals surface area contributed by atoms with Crippen molar-refractivity contribution in [2.45, 2.75) is 90.9 Å². The number of allylic oxidation sites excluding steroid dienone is 4. The molecule has 0 rings (SSSR count). The number of unbranched alkanes of at least 4 members (excludes halogenated alkanes) is 4. The molecular formula is C32H58CaN2O10+2. The van der Waals surface area contributed by atoms with E-state index in [1.165, 1.54) is 0 Å². The van der Waals surface area contributed by atoms with Crippen LogP contribution in [0.3, 0.4) is 0 Å². The van der Waals surface area contributed by atoms with Gasteiger partial charge in [-0.1, -0.05) is 38.2 Å². The maximum Gasteiger partial charge on any atom is 2.00 e. The molecule has 0 spiro atoms. The van der Waals surface area contributed by atoms with Crippen molar-refractivity contribution in [2.24, 2.45) is 0 Å². The summed E-state index contributed by atoms with van der Waals surface area (Å²) in [5.41, 5.74) is 0. The van der Waals surface area contributed by atoms with Crippen LogP contribution in [0.2, 0.25) is 0 Å². The number of aliphatic hydroxyl groups excluding tert-OH is 2. The Bertz CT molecular complexity index is 748. The number of carbonyl (C=O) groups is 4. The normalized spacial score (nSPS) is 13.8. The van der Waals surface area contributed by atoms with Gasteiger partial charge in [0.05, 0.1) is 65.3 Å². The van der Waals surface area contributed by atoms with E-state index in [0.29, 0.717) is 61.3 Å². The Morgan fingerprint density at radius 2 is 0.867 bits per heavy atom. The molecule has 0 bridgehead atoms. The molecule has 0 saturated carbocycles. The zero-order chi connectivity index (χ0) is 33.7. The average molecular weight is 671 g/mol. The topological polar surface area (TPSA) is 195 Å². The van der Waals surface area contributed by atoms with E-state index in [-0.39, 0.29) is 76.6 Å². The quantitative estimate of drug-likeness (QED) is 0.0399. The van der Waals surface area contributed by atoms with Crippen LogP contribution in [-0.4, -0.2) is 157 Å². The molecular weight excluding hydrogens is 612 g/mol. The van der Waals surface area contributed by atoms with Crippen LogP contribution in [-0.2, 0) is 19.2 Å². The third-order valence-corrected chi connectivity index (χ3v) is 7.64. The Kier molecular flexibility index (Phi) is 33.1. The summed E-state index contributed by atoms with van der Waals surface area (Å²) in [6.07, 6.45) is 15.8. The predicted octanol–water partition coefficient (Wildman–Crippen LogP) is 0.713. The van der Waals surface area contributed by atoms with Gasteiger partial charge in [0, 0.05) is 24.8 Å². The summed E-state index contributed by atoms with van der Waals surface area (Å²) < 4.78 is 0.655. The zero-order valence-corrected chi connectivity index (χ0v) is 29.9. The Labute approximate surface area is 299 Å². The molecule has 0 aromatic carbocycles. The van der Waals surface area contributed by atoms with Gasteiger partial charge in [-0.2, -0.15) is 0 Å². The molecule has 12 nitrogen and oxygen atoms in total. The van der Waals surface area contributed by atoms with Crippen LogP contribution < -0.4 is 10.2 Å². The maximum atomic E-state index is 10.8. The first-order chi connectivity index (χ1) is 20.9.